The van der Waals surface area contributed by atoms with Gasteiger partial charge in [-0.2, -0.15) is 0 Å². The average molecular weight is 1920 g/mol. The number of nitrogens with zero attached hydrogens (tertiary/aromatic N) is 20. The van der Waals surface area contributed by atoms with E-state index in [2.05, 4.69) is 9.47 Å². The molecule has 0 aromatic carbocycles. The van der Waals surface area contributed by atoms with Crippen molar-refractivity contribution in [1.82, 2.24) is 94.0 Å². The molecule has 4 aliphatic rings. The summed E-state index contributed by atoms with van der Waals surface area (Å²) in [6.45, 7) is -9.66. The molecule has 4 aliphatic heterocycles. The summed E-state index contributed by atoms with van der Waals surface area (Å²) in [5, 5.41) is 37.7. The number of carbonyl (C=O) groups is 10. The lowest BCUT2D eigenvalue weighted by molar-refractivity contribution is -0.146. The van der Waals surface area contributed by atoms with Gasteiger partial charge in [0, 0.05) is 101 Å². The van der Waals surface area contributed by atoms with Gasteiger partial charge in [-0.15, -0.1) is 0 Å². The molecular weight excluding hydrogens is 1810 g/mol. The van der Waals surface area contributed by atoms with Crippen molar-refractivity contribution in [3.63, 3.8) is 0 Å². The Morgan fingerprint density at radius 2 is 0.470 bits per heavy atom. The van der Waals surface area contributed by atoms with E-state index in [0.29, 0.717) is 54.8 Å². The van der Waals surface area contributed by atoms with Crippen molar-refractivity contribution in [3.05, 3.63) is 126 Å². The summed E-state index contributed by atoms with van der Waals surface area (Å²) in [6, 6.07) is -2.17. The molecule has 0 bridgehead atoms. The molecule has 8 rings (SSSR count). The molecule has 60 nitrogen and oxygen atoms in total. The third-order valence-corrected chi connectivity index (χ3v) is 20.7. The molecule has 0 radical (unpaired) electrons. The summed E-state index contributed by atoms with van der Waals surface area (Å²) in [5.74, 6) is -5.69. The van der Waals surface area contributed by atoms with Gasteiger partial charge in [0.05, 0.1) is 138 Å². The van der Waals surface area contributed by atoms with Crippen LogP contribution in [-0.2, 0) is 174 Å². The van der Waals surface area contributed by atoms with E-state index in [0.717, 1.165) is 14.2 Å². The fraction of sp³-hybridized carbons (Fsp3) is 0.703. The van der Waals surface area contributed by atoms with Crippen molar-refractivity contribution in [2.75, 3.05) is 170 Å². The van der Waals surface area contributed by atoms with Crippen molar-refractivity contribution in [3.8, 4) is 0 Å². The molecule has 8 heterocycles. The highest BCUT2D eigenvalue weighted by Gasteiger charge is 2.61. The number of aromatic nitrogens is 12. The van der Waals surface area contributed by atoms with Crippen molar-refractivity contribution in [1.29, 1.82) is 0 Å². The monoisotopic (exact) mass is 1920 g/mol. The number of urea groups is 4. The van der Waals surface area contributed by atoms with E-state index in [1.165, 1.54) is 88.8 Å². The number of rotatable bonds is 56. The minimum Gasteiger partial charge on any atom is -0.469 e. The summed E-state index contributed by atoms with van der Waals surface area (Å²) in [6.07, 6.45) is -7.45. The zero-order chi connectivity index (χ0) is 99.1. The van der Waals surface area contributed by atoms with Crippen LogP contribution in [-0.4, -0.2) is 375 Å². The Balaban J connectivity index is 0.000000366. The van der Waals surface area contributed by atoms with Gasteiger partial charge in [-0.05, 0) is 6.92 Å². The zero-order valence-corrected chi connectivity index (χ0v) is 75.4. The molecule has 4 aromatic heterocycles. The molecule has 0 aliphatic carbocycles. The molecule has 748 valence electrons. The summed E-state index contributed by atoms with van der Waals surface area (Å²) >= 11 is 0. The second kappa shape index (κ2) is 51.9. The van der Waals surface area contributed by atoms with Gasteiger partial charge in [0.15, 0.2) is 24.7 Å². The van der Waals surface area contributed by atoms with Crippen molar-refractivity contribution in [2.45, 2.75) is 168 Å². The SMILES string of the molecule is COCN1C(=O)N(COC)C2C1N(COC)C(=O)N2COCCn1c(=O)n(CCO)c(=O)n(CCOC(=O)CCn2c(=O)n(CCC(=O)OC)c(=O)n(CCC(=O)OCC(C)CO)c2=O)c1=O.COCN1C(=O)N(COC)C2C1N(COC)C(=O)N2COCCn1c(=O)n(CCO)c(=O)n(CCOC(=O)CCn2c(=O)n(CCC(=O)OC)c(=O)n(CCC(=O)OCCC(C)O)c2=O)c1=O. The number of hydrogen-bond donors (Lipinski definition) is 4. The Hall–Kier alpha value is -12.9. The minimum atomic E-state index is -1.20. The van der Waals surface area contributed by atoms with E-state index in [4.69, 9.17) is 61.9 Å². The van der Waals surface area contributed by atoms with Crippen molar-refractivity contribution in [2.24, 2.45) is 5.92 Å². The lowest BCUT2D eigenvalue weighted by Crippen LogP contribution is -2.55. The van der Waals surface area contributed by atoms with E-state index in [1.807, 2.05) is 0 Å². The number of fused-ring (bicyclic) bond motifs is 2. The smallest absolute Gasteiger partial charge is 0.336 e. The lowest BCUT2D eigenvalue weighted by atomic mass is 10.2. The standard InChI is InChI=1S/2C37H56N10O20/c1-24(49)9-17-66-26(51)7-11-39-30(53)38(10-6-25(50)64-5)31(54)40(32(39)55)12-8-27(52)67-19-15-43-34(57)41(13-16-48)33(56)42(35(43)58)14-18-65-23-47-29-28(45(21-62-3)37(47)60)44(20-61-2)36(59)46(29)22-63-4;1-24(18-49)19-67-27(52)8-11-40-31(54)38(9-6-25(50)64-5)30(53)39(32(40)55)10-7-26(51)66-17-14-43-34(57)41(12-15-48)33(56)42(35(43)58)13-16-65-23-47-29-28(45(21-62-3)37(47)60)44(20-61-2)36(59)46(29)22-63-4/h2*24,28-29,48-49H,6-23H2,1-5H3. The van der Waals surface area contributed by atoms with Crippen LogP contribution in [0.1, 0.15) is 58.8 Å². The Bertz CT molecular complexity index is 5570. The van der Waals surface area contributed by atoms with Crippen LogP contribution in [0.25, 0.3) is 0 Å². The highest BCUT2D eigenvalue weighted by atomic mass is 16.6. The minimum absolute atomic E-state index is 0.131. The van der Waals surface area contributed by atoms with E-state index >= 15 is 0 Å². The molecular formula is C74H112N20O40. The molecule has 0 saturated carbocycles. The molecule has 60 heteroatoms. The highest BCUT2D eigenvalue weighted by Crippen LogP contribution is 2.36. The molecule has 4 N–H and O–H groups in total. The predicted octanol–water partition coefficient (Wildman–Crippen LogP) is -11.2. The van der Waals surface area contributed by atoms with Gasteiger partial charge in [0.2, 0.25) is 0 Å². The number of amides is 8. The first kappa shape index (κ1) is 108. The second-order valence-corrected chi connectivity index (χ2v) is 29.7. The molecule has 6 atom stereocenters. The number of esters is 6. The zero-order valence-electron chi connectivity index (χ0n) is 75.4. The van der Waals surface area contributed by atoms with E-state index in [9.17, 15) is 121 Å². The van der Waals surface area contributed by atoms with Crippen LogP contribution in [0.3, 0.4) is 0 Å². The van der Waals surface area contributed by atoms with E-state index < -0.39 is 329 Å². The number of carbonyl (C=O) groups excluding carboxylic acids is 10. The number of hydrogen-bond acceptors (Lipinski definition) is 40. The fourth-order valence-corrected chi connectivity index (χ4v) is 14.1. The first-order valence-electron chi connectivity index (χ1n) is 41.4. The quantitative estimate of drug-likeness (QED) is 0.0181. The maximum atomic E-state index is 13.5. The van der Waals surface area contributed by atoms with Gasteiger partial charge >= 0.3 is 128 Å². The highest BCUT2D eigenvalue weighted by molar-refractivity contribution is 5.86. The maximum Gasteiger partial charge on any atom is 0.336 e. The fourth-order valence-electron chi connectivity index (χ4n) is 14.1. The molecule has 4 saturated heterocycles. The van der Waals surface area contributed by atoms with E-state index in [-0.39, 0.29) is 72.5 Å². The third kappa shape index (κ3) is 26.1. The van der Waals surface area contributed by atoms with Crippen LogP contribution in [0, 0.1) is 5.92 Å². The number of aliphatic hydroxyl groups excluding tert-OH is 4. The Kier molecular flexibility index (Phi) is 41.9. The lowest BCUT2D eigenvalue weighted by Gasteiger charge is -2.28. The Morgan fingerprint density at radius 3 is 0.687 bits per heavy atom. The predicted molar refractivity (Wildman–Crippen MR) is 444 cm³/mol. The Labute approximate surface area is 756 Å². The van der Waals surface area contributed by atoms with Crippen molar-refractivity contribution < 1.29 is 135 Å². The van der Waals surface area contributed by atoms with Crippen LogP contribution in [0.15, 0.2) is 57.5 Å². The van der Waals surface area contributed by atoms with Gasteiger partial charge in [-0.1, -0.05) is 6.92 Å². The maximum absolute atomic E-state index is 13.5. The average Bonchev–Trinajstić information content (AvgIpc) is 1.57. The van der Waals surface area contributed by atoms with E-state index in [1.54, 1.807) is 6.92 Å². The van der Waals surface area contributed by atoms with Crippen LogP contribution >= 0.6 is 0 Å². The molecule has 4 fully saturated rings. The number of aliphatic hydroxyl groups is 4. The molecule has 4 aromatic rings. The van der Waals surface area contributed by atoms with Crippen LogP contribution in [0.2, 0.25) is 0 Å². The normalized spacial score (nSPS) is 16.2. The van der Waals surface area contributed by atoms with Crippen LogP contribution in [0.5, 0.6) is 0 Å². The summed E-state index contributed by atoms with van der Waals surface area (Å²) < 4.78 is 78.9. The first-order chi connectivity index (χ1) is 64.0. The third-order valence-electron chi connectivity index (χ3n) is 20.7. The number of ether oxygens (including phenoxy) is 14. The van der Waals surface area contributed by atoms with Gasteiger partial charge in [0.25, 0.3) is 0 Å². The summed E-state index contributed by atoms with van der Waals surface area (Å²) in [5.41, 5.74) is -13.9. The Morgan fingerprint density at radius 1 is 0.269 bits per heavy atom. The number of methoxy groups -OCH3 is 8. The second-order valence-electron chi connectivity index (χ2n) is 29.7. The van der Waals surface area contributed by atoms with Crippen molar-refractivity contribution >= 4 is 59.9 Å². The van der Waals surface area contributed by atoms with Gasteiger partial charge in [-0.3, -0.25) is 68.0 Å². The largest absolute Gasteiger partial charge is 0.469 e. The van der Waals surface area contributed by atoms with Gasteiger partial charge < -0.3 is 86.7 Å². The van der Waals surface area contributed by atoms with Crippen LogP contribution < -0.4 is 68.3 Å². The first-order valence-corrected chi connectivity index (χ1v) is 41.4. The van der Waals surface area contributed by atoms with Gasteiger partial charge in [0.1, 0.15) is 67.1 Å². The molecule has 6 unspecified atom stereocenters. The van der Waals surface area contributed by atoms with Crippen LogP contribution in [0.4, 0.5) is 19.2 Å². The molecule has 0 spiro atoms. The summed E-state index contributed by atoms with van der Waals surface area (Å²) in [7, 11) is 10.4. The topological polar surface area (TPSA) is 671 Å². The van der Waals surface area contributed by atoms with Gasteiger partial charge in [-0.25, -0.2) is 132 Å². The summed E-state index contributed by atoms with van der Waals surface area (Å²) in [4.78, 5) is 298. The molecule has 134 heavy (non-hydrogen) atoms. The molecule has 8 amide bonds.